The maximum atomic E-state index is 13.3. The van der Waals surface area contributed by atoms with Gasteiger partial charge < -0.3 is 24.1 Å². The summed E-state index contributed by atoms with van der Waals surface area (Å²) in [6.45, 7) is 1.36. The molecule has 1 aliphatic rings. The topological polar surface area (TPSA) is 135 Å². The largest absolute Gasteiger partial charge is 0.511 e. The molecule has 3 aromatic rings. The summed E-state index contributed by atoms with van der Waals surface area (Å²) >= 11 is 12.4. The Morgan fingerprint density at radius 1 is 0.953 bits per heavy atom. The Morgan fingerprint density at radius 2 is 1.60 bits per heavy atom. The van der Waals surface area contributed by atoms with Gasteiger partial charge in [-0.3, -0.25) is 9.59 Å². The van der Waals surface area contributed by atoms with E-state index >= 15 is 0 Å². The number of nitrogens with one attached hydrogen (secondary N) is 1. The van der Waals surface area contributed by atoms with Crippen molar-refractivity contribution in [3.8, 4) is 5.69 Å². The first-order valence-corrected chi connectivity index (χ1v) is 14.5. The Balaban J connectivity index is 1.51. The number of rotatable bonds is 9. The molecule has 0 aliphatic heterocycles. The lowest BCUT2D eigenvalue weighted by Crippen LogP contribution is -2.45. The predicted molar refractivity (Wildman–Crippen MR) is 159 cm³/mol. The van der Waals surface area contributed by atoms with E-state index in [1.165, 1.54) is 42.9 Å². The first-order chi connectivity index (χ1) is 20.5. The van der Waals surface area contributed by atoms with Crippen molar-refractivity contribution in [3.05, 3.63) is 96.7 Å². The minimum absolute atomic E-state index is 0.0290. The molecule has 0 saturated heterocycles. The number of carbonyl (C=O) groups is 3. The van der Waals surface area contributed by atoms with Crippen LogP contribution in [0.3, 0.4) is 0 Å². The summed E-state index contributed by atoms with van der Waals surface area (Å²) < 4.78 is 18.1. The van der Waals surface area contributed by atoms with Crippen molar-refractivity contribution >= 4 is 41.2 Å². The molecule has 0 radical (unpaired) electrons. The summed E-state index contributed by atoms with van der Waals surface area (Å²) in [6.07, 6.45) is 3.30. The van der Waals surface area contributed by atoms with Gasteiger partial charge in [0.15, 0.2) is 0 Å². The Morgan fingerprint density at radius 3 is 2.26 bits per heavy atom. The van der Waals surface area contributed by atoms with Gasteiger partial charge in [-0.25, -0.2) is 19.0 Å². The van der Waals surface area contributed by atoms with Crippen LogP contribution in [0.5, 0.6) is 0 Å². The van der Waals surface area contributed by atoms with E-state index in [9.17, 15) is 24.0 Å². The maximum absolute atomic E-state index is 13.3. The second kappa shape index (κ2) is 14.4. The molecule has 1 amide bonds. The molecule has 1 fully saturated rings. The van der Waals surface area contributed by atoms with Crippen molar-refractivity contribution in [1.29, 1.82) is 0 Å². The molecule has 1 saturated carbocycles. The van der Waals surface area contributed by atoms with Crippen LogP contribution in [-0.2, 0) is 32.5 Å². The van der Waals surface area contributed by atoms with E-state index in [0.29, 0.717) is 11.3 Å². The number of hydrogen-bond donors (Lipinski definition) is 1. The number of halogens is 2. The van der Waals surface area contributed by atoms with Crippen LogP contribution in [-0.4, -0.2) is 45.6 Å². The van der Waals surface area contributed by atoms with Crippen LogP contribution in [0.15, 0.2) is 64.3 Å². The number of aromatic nitrogens is 2. The molecule has 228 valence electrons. The van der Waals surface area contributed by atoms with Crippen molar-refractivity contribution in [2.75, 3.05) is 0 Å². The third-order valence-electron chi connectivity index (χ3n) is 6.93. The molecule has 1 aliphatic carbocycles. The molecule has 4 rings (SSSR count). The van der Waals surface area contributed by atoms with Gasteiger partial charge in [0.1, 0.15) is 12.1 Å². The number of aryl methyl sites for hydroxylation is 1. The Bertz CT molecular complexity index is 1580. The molecule has 1 heterocycles. The molecular formula is C30H31Cl2N3O8. The second-order valence-corrected chi connectivity index (χ2v) is 10.9. The molecule has 1 N–H and O–H groups in total. The third-order valence-corrected chi connectivity index (χ3v) is 7.56. The van der Waals surface area contributed by atoms with Gasteiger partial charge in [-0.2, -0.15) is 0 Å². The number of benzene rings is 2. The van der Waals surface area contributed by atoms with Crippen molar-refractivity contribution in [1.82, 2.24) is 14.5 Å². The van der Waals surface area contributed by atoms with Gasteiger partial charge >= 0.3 is 17.8 Å². The lowest BCUT2D eigenvalue weighted by Gasteiger charge is -2.23. The number of hydrogen-bond acceptors (Lipinski definition) is 8. The summed E-state index contributed by atoms with van der Waals surface area (Å²) in [6, 6.07) is 10.8. The minimum atomic E-state index is -1.31. The van der Waals surface area contributed by atoms with Crippen LogP contribution in [0, 0.1) is 0 Å². The van der Waals surface area contributed by atoms with E-state index in [0.717, 1.165) is 36.7 Å². The molecule has 43 heavy (non-hydrogen) atoms. The molecule has 1 unspecified atom stereocenters. The quantitative estimate of drug-likeness (QED) is 0.268. The number of ether oxygens (including phenoxy) is 3. The molecule has 1 aromatic heterocycles. The molecule has 0 bridgehead atoms. The Kier molecular flexibility index (Phi) is 10.7. The molecule has 0 spiro atoms. The van der Waals surface area contributed by atoms with E-state index in [2.05, 4.69) is 5.32 Å². The van der Waals surface area contributed by atoms with E-state index in [4.69, 9.17) is 37.4 Å². The van der Waals surface area contributed by atoms with Crippen molar-refractivity contribution < 1.29 is 28.6 Å². The summed E-state index contributed by atoms with van der Waals surface area (Å²) in [4.78, 5) is 63.5. The van der Waals surface area contributed by atoms with Gasteiger partial charge in [-0.15, -0.1) is 0 Å². The van der Waals surface area contributed by atoms with Crippen LogP contribution in [0.4, 0.5) is 4.79 Å². The smallest absolute Gasteiger partial charge is 0.431 e. The fourth-order valence-electron chi connectivity index (χ4n) is 4.71. The van der Waals surface area contributed by atoms with Crippen LogP contribution < -0.4 is 16.6 Å². The lowest BCUT2D eigenvalue weighted by atomic mass is 9.98. The maximum Gasteiger partial charge on any atom is 0.511 e. The minimum Gasteiger partial charge on any atom is -0.431 e. The van der Waals surface area contributed by atoms with Crippen LogP contribution >= 0.6 is 23.2 Å². The number of carbonyl (C=O) groups excluding carboxylic acids is 3. The second-order valence-electron chi connectivity index (χ2n) is 10.1. The van der Waals surface area contributed by atoms with Gasteiger partial charge in [-0.05, 0) is 55.5 Å². The summed E-state index contributed by atoms with van der Waals surface area (Å²) in [5, 5.41) is 2.76. The zero-order valence-corrected chi connectivity index (χ0v) is 25.1. The summed E-state index contributed by atoms with van der Waals surface area (Å²) in [7, 11) is 1.52. The van der Waals surface area contributed by atoms with Crippen LogP contribution in [0.1, 0.15) is 54.9 Å². The molecule has 2 atom stereocenters. The normalized spacial score (nSPS) is 14.8. The van der Waals surface area contributed by atoms with Crippen molar-refractivity contribution in [3.63, 3.8) is 0 Å². The van der Waals surface area contributed by atoms with Crippen LogP contribution in [0.2, 0.25) is 10.0 Å². The van der Waals surface area contributed by atoms with E-state index in [1.54, 1.807) is 30.3 Å². The Hall–Kier alpha value is -4.09. The molecular weight excluding hydrogens is 601 g/mol. The molecule has 13 heteroatoms. The van der Waals surface area contributed by atoms with Gasteiger partial charge in [0.2, 0.25) is 6.29 Å². The zero-order chi connectivity index (χ0) is 31.1. The Labute approximate surface area is 257 Å². The highest BCUT2D eigenvalue weighted by molar-refractivity contribution is 6.39. The number of esters is 1. The lowest BCUT2D eigenvalue weighted by molar-refractivity contribution is -0.171. The SMILES string of the molecule is CC(OC(=O)OC1CCCCC1)OC(=O)[C@H](Cc1ccc(-n2c(=O)ccn(C)c2=O)cc1)NC(=O)c1c(Cl)cccc1Cl. The fourth-order valence-corrected chi connectivity index (χ4v) is 5.28. The molecule has 2 aromatic carbocycles. The van der Waals surface area contributed by atoms with Crippen molar-refractivity contribution in [2.24, 2.45) is 7.05 Å². The number of nitrogens with zero attached hydrogens (tertiary/aromatic N) is 2. The van der Waals surface area contributed by atoms with Gasteiger partial charge in [0.25, 0.3) is 11.5 Å². The highest BCUT2D eigenvalue weighted by Crippen LogP contribution is 2.25. The van der Waals surface area contributed by atoms with Gasteiger partial charge in [0.05, 0.1) is 21.3 Å². The standard InChI is InChI=1S/C30H31Cl2N3O8/c1-18(42-30(40)43-21-7-4-3-5-8-21)41-28(38)24(33-27(37)26-22(31)9-6-10-23(26)32)17-19-11-13-20(14-12-19)35-25(36)15-16-34(2)29(35)39/h6,9-16,18,21,24H,3-5,7-8,17H2,1-2H3,(H,33,37)/t18?,24-/m0/s1. The average Bonchev–Trinajstić information content (AvgIpc) is 2.96. The fraction of sp³-hybridized carbons (Fsp3) is 0.367. The first kappa shape index (κ1) is 31.8. The summed E-state index contributed by atoms with van der Waals surface area (Å²) in [5.41, 5.74) is -0.181. The monoisotopic (exact) mass is 631 g/mol. The van der Waals surface area contributed by atoms with E-state index in [-0.39, 0.29) is 28.1 Å². The van der Waals surface area contributed by atoms with Crippen molar-refractivity contribution in [2.45, 2.75) is 63.9 Å². The first-order valence-electron chi connectivity index (χ1n) is 13.7. The highest BCUT2D eigenvalue weighted by atomic mass is 35.5. The van der Waals surface area contributed by atoms with Crippen LogP contribution in [0.25, 0.3) is 5.69 Å². The van der Waals surface area contributed by atoms with Gasteiger partial charge in [0, 0.05) is 32.7 Å². The molecule has 11 nitrogen and oxygen atoms in total. The van der Waals surface area contributed by atoms with Gasteiger partial charge in [-0.1, -0.05) is 47.8 Å². The third kappa shape index (κ3) is 8.26. The van der Waals surface area contributed by atoms with E-state index in [1.807, 2.05) is 0 Å². The number of amides is 1. The zero-order valence-electron chi connectivity index (χ0n) is 23.6. The predicted octanol–water partition coefficient (Wildman–Crippen LogP) is 4.56. The van der Waals surface area contributed by atoms with E-state index < -0.39 is 41.6 Å². The average molecular weight is 632 g/mol. The highest BCUT2D eigenvalue weighted by Gasteiger charge is 2.28. The summed E-state index contributed by atoms with van der Waals surface area (Å²) in [5.74, 6) is -1.62.